The number of nitrogens with one attached hydrogen (secondary N) is 1. The Bertz CT molecular complexity index is 1740. The Morgan fingerprint density at radius 1 is 1.00 bits per heavy atom. The van der Waals surface area contributed by atoms with Gasteiger partial charge in [-0.2, -0.15) is 0 Å². The van der Waals surface area contributed by atoms with E-state index in [1.807, 2.05) is 42.7 Å². The Hall–Kier alpha value is -4.03. The average Bonchev–Trinajstić information content (AvgIpc) is 3.19. The number of sulfone groups is 1. The molecule has 10 nitrogen and oxygen atoms in total. The second kappa shape index (κ2) is 17.3. The van der Waals surface area contributed by atoms with Gasteiger partial charge in [-0.05, 0) is 55.0 Å². The summed E-state index contributed by atoms with van der Waals surface area (Å²) in [6.45, 7) is 5.67. The Labute approximate surface area is 299 Å². The summed E-state index contributed by atoms with van der Waals surface area (Å²) in [5.74, 6) is -3.10. The number of carboxylic acid groups (broad SMARTS) is 1. The molecule has 1 aliphatic rings. The molecule has 0 spiro atoms. The summed E-state index contributed by atoms with van der Waals surface area (Å²) < 4.78 is 34.8. The third-order valence-corrected chi connectivity index (χ3v) is 11.9. The molecule has 0 bridgehead atoms. The van der Waals surface area contributed by atoms with Crippen molar-refractivity contribution in [3.8, 4) is 11.5 Å². The molecular weight excluding hydrogens is 677 g/mol. The number of unbranched alkanes of at least 4 members (excludes halogenated alkanes) is 2. The summed E-state index contributed by atoms with van der Waals surface area (Å²) in [7, 11) is -3.81. The Balaban J connectivity index is 1.69. The zero-order valence-electron chi connectivity index (χ0n) is 29.2. The van der Waals surface area contributed by atoms with Crippen LogP contribution >= 0.6 is 11.8 Å². The minimum atomic E-state index is -3.81. The highest BCUT2D eigenvalue weighted by atomic mass is 32.2. The van der Waals surface area contributed by atoms with E-state index in [1.54, 1.807) is 0 Å². The lowest BCUT2D eigenvalue weighted by Crippen LogP contribution is -2.38. The zero-order chi connectivity index (χ0) is 36.5. The third kappa shape index (κ3) is 9.60. The van der Waals surface area contributed by atoms with Crippen LogP contribution in [0, 0.1) is 11.3 Å². The molecule has 3 aromatic rings. The highest BCUT2D eigenvalue weighted by Gasteiger charge is 2.42. The van der Waals surface area contributed by atoms with E-state index in [2.05, 4.69) is 24.1 Å². The normalized spacial score (nSPS) is 16.0. The molecule has 12 heteroatoms. The molecule has 1 heterocycles. The number of hydrogen-bond acceptors (Lipinski definition) is 9. The van der Waals surface area contributed by atoms with E-state index in [0.717, 1.165) is 44.2 Å². The number of aliphatic carboxylic acids is 1. The molecule has 2 atom stereocenters. The van der Waals surface area contributed by atoms with E-state index in [9.17, 15) is 33.0 Å². The van der Waals surface area contributed by atoms with Gasteiger partial charge >= 0.3 is 5.97 Å². The first-order chi connectivity index (χ1) is 23.8. The van der Waals surface area contributed by atoms with Crippen molar-refractivity contribution in [2.75, 3.05) is 30.1 Å². The topological polar surface area (TPSA) is 150 Å². The van der Waals surface area contributed by atoms with Crippen molar-refractivity contribution in [3.05, 3.63) is 72.3 Å². The van der Waals surface area contributed by atoms with Crippen molar-refractivity contribution in [2.24, 2.45) is 11.3 Å². The molecule has 0 fully saturated rings. The Kier molecular flexibility index (Phi) is 13.4. The van der Waals surface area contributed by atoms with Gasteiger partial charge in [0, 0.05) is 30.1 Å². The number of aromatic hydroxyl groups is 1. The van der Waals surface area contributed by atoms with Crippen LogP contribution in [0.15, 0.2) is 76.5 Å². The number of ether oxygens (including phenoxy) is 1. The molecule has 0 radical (unpaired) electrons. The number of rotatable bonds is 17. The molecule has 3 aromatic carbocycles. The van der Waals surface area contributed by atoms with Crippen LogP contribution in [-0.2, 0) is 24.2 Å². The molecule has 4 rings (SSSR count). The molecule has 3 N–H and O–H groups in total. The minimum Gasteiger partial charge on any atom is -0.508 e. The lowest BCUT2D eigenvalue weighted by atomic mass is 9.79. The number of nitrogens with zero attached hydrogens (tertiary/aromatic N) is 1. The smallest absolute Gasteiger partial charge is 0.306 e. The number of para-hydroxylation sites is 1. The van der Waals surface area contributed by atoms with Gasteiger partial charge in [0.15, 0.2) is 22.2 Å². The summed E-state index contributed by atoms with van der Waals surface area (Å²) >= 11 is 1.37. The largest absolute Gasteiger partial charge is 0.508 e. The van der Waals surface area contributed by atoms with Crippen molar-refractivity contribution in [2.45, 2.75) is 81.5 Å². The summed E-state index contributed by atoms with van der Waals surface area (Å²) in [5, 5.41) is 21.7. The number of carbonyl (C=O) groups is 3. The Morgan fingerprint density at radius 2 is 1.64 bits per heavy atom. The van der Waals surface area contributed by atoms with Crippen molar-refractivity contribution in [3.63, 3.8) is 0 Å². The number of amides is 1. The predicted molar refractivity (Wildman–Crippen MR) is 196 cm³/mol. The predicted octanol–water partition coefficient (Wildman–Crippen LogP) is 7.32. The average molecular weight is 725 g/mol. The number of carboxylic acids is 1. The first kappa shape index (κ1) is 38.8. The number of phenols is 1. The zero-order valence-corrected chi connectivity index (χ0v) is 30.8. The first-order valence-electron chi connectivity index (χ1n) is 17.1. The van der Waals surface area contributed by atoms with Crippen LogP contribution < -0.4 is 15.0 Å². The van der Waals surface area contributed by atoms with Crippen molar-refractivity contribution < 1.29 is 37.8 Å². The van der Waals surface area contributed by atoms with Gasteiger partial charge in [-0.15, -0.1) is 11.8 Å². The second-order valence-electron chi connectivity index (χ2n) is 13.1. The fraction of sp³-hybridized carbons (Fsp3) is 0.447. The maximum atomic E-state index is 14.4. The van der Waals surface area contributed by atoms with Crippen LogP contribution in [0.4, 0.5) is 11.4 Å². The van der Waals surface area contributed by atoms with E-state index >= 15 is 0 Å². The minimum absolute atomic E-state index is 0.0000607. The number of hydrogen-bond donors (Lipinski definition) is 3. The monoisotopic (exact) mass is 724 g/mol. The molecule has 0 unspecified atom stereocenters. The summed E-state index contributed by atoms with van der Waals surface area (Å²) in [6, 6.07) is 17.7. The number of carbonyl (C=O) groups excluding carboxylic acids is 2. The molecule has 0 saturated carbocycles. The van der Waals surface area contributed by atoms with E-state index in [-0.39, 0.29) is 28.6 Å². The van der Waals surface area contributed by atoms with Crippen molar-refractivity contribution >= 4 is 50.6 Å². The molecule has 1 amide bonds. The fourth-order valence-electron chi connectivity index (χ4n) is 6.45. The quantitative estimate of drug-likeness (QED) is 0.121. The third-order valence-electron chi connectivity index (χ3n) is 9.19. The number of phenolic OH excluding ortho intramolecular Hbond substituents is 1. The van der Waals surface area contributed by atoms with E-state index in [0.29, 0.717) is 22.7 Å². The van der Waals surface area contributed by atoms with Gasteiger partial charge in [-0.1, -0.05) is 76.8 Å². The van der Waals surface area contributed by atoms with Gasteiger partial charge in [0.05, 0.1) is 27.1 Å². The number of thioether (sulfide) groups is 1. The maximum Gasteiger partial charge on any atom is 0.306 e. The molecule has 0 aliphatic carbocycles. The van der Waals surface area contributed by atoms with Crippen LogP contribution in [0.25, 0.3) is 0 Å². The van der Waals surface area contributed by atoms with Gasteiger partial charge in [-0.3, -0.25) is 14.4 Å². The SMILES string of the molecule is CCCCC1(CCCC)CN(c2ccccc2)c2cc(SC)c(OCC(=O)N[C@@H](C(=O)C[C@@H](C)C(=O)O)c3ccc(O)cc3)cc2S(=O)(=O)C1. The van der Waals surface area contributed by atoms with Crippen molar-refractivity contribution in [1.29, 1.82) is 0 Å². The van der Waals surface area contributed by atoms with Crippen LogP contribution in [0.5, 0.6) is 11.5 Å². The van der Waals surface area contributed by atoms with Gasteiger partial charge in [0.25, 0.3) is 5.91 Å². The highest BCUT2D eigenvalue weighted by molar-refractivity contribution is 7.98. The second-order valence-corrected chi connectivity index (χ2v) is 16.0. The molecule has 50 heavy (non-hydrogen) atoms. The summed E-state index contributed by atoms with van der Waals surface area (Å²) in [6.07, 6.45) is 6.85. The standard InChI is InChI=1S/C38H48N2O8S2/c1-5-7-18-38(19-8-6-2)24-40(28-12-10-9-11-13-28)30-21-33(49-4)32(22-34(30)50(46,47)25-38)48-23-35(43)39-36(27-14-16-29(41)17-15-27)31(42)20-26(3)37(44)45/h9-17,21-22,26,36,41H,5-8,18-20,23-25H2,1-4H3,(H,39,43)(H,44,45)/t26-,36-/m1/s1. The van der Waals surface area contributed by atoms with Gasteiger partial charge in [0.1, 0.15) is 17.5 Å². The number of anilines is 2. The number of Topliss-reactive ketones (excluding diaryl/α,β-unsaturated/α-hetero) is 1. The van der Waals surface area contributed by atoms with Crippen LogP contribution in [0.1, 0.15) is 77.3 Å². The Morgan fingerprint density at radius 3 is 2.22 bits per heavy atom. The molecular formula is C38H48N2O8S2. The molecule has 0 aromatic heterocycles. The van der Waals surface area contributed by atoms with E-state index in [4.69, 9.17) is 4.74 Å². The van der Waals surface area contributed by atoms with Gasteiger partial charge in [0.2, 0.25) is 0 Å². The first-order valence-corrected chi connectivity index (χ1v) is 19.9. The molecule has 0 saturated heterocycles. The number of ketones is 1. The van der Waals surface area contributed by atoms with Crippen LogP contribution in [0.2, 0.25) is 0 Å². The number of fused-ring (bicyclic) bond motifs is 1. The van der Waals surface area contributed by atoms with Crippen LogP contribution in [-0.4, -0.2) is 61.5 Å². The van der Waals surface area contributed by atoms with Crippen molar-refractivity contribution in [1.82, 2.24) is 5.32 Å². The summed E-state index contributed by atoms with van der Waals surface area (Å²) in [5.41, 5.74) is 1.37. The maximum absolute atomic E-state index is 14.4. The molecule has 270 valence electrons. The number of benzene rings is 3. The van der Waals surface area contributed by atoms with Crippen LogP contribution in [0.3, 0.4) is 0 Å². The molecule has 1 aliphatic heterocycles. The van der Waals surface area contributed by atoms with Gasteiger partial charge in [-0.25, -0.2) is 8.42 Å². The lowest BCUT2D eigenvalue weighted by Gasteiger charge is -2.37. The highest BCUT2D eigenvalue weighted by Crippen LogP contribution is 2.47. The summed E-state index contributed by atoms with van der Waals surface area (Å²) in [4.78, 5) is 40.8. The van der Waals surface area contributed by atoms with Gasteiger partial charge < -0.3 is 25.2 Å². The van der Waals surface area contributed by atoms with E-state index in [1.165, 1.54) is 49.0 Å². The van der Waals surface area contributed by atoms with E-state index < -0.39 is 51.5 Å². The fourth-order valence-corrected chi connectivity index (χ4v) is 9.11. The lowest BCUT2D eigenvalue weighted by molar-refractivity contribution is -0.143.